The highest BCUT2D eigenvalue weighted by molar-refractivity contribution is 9.10. The van der Waals surface area contributed by atoms with Crippen molar-refractivity contribution in [2.24, 2.45) is 0 Å². The molecule has 0 aliphatic rings. The van der Waals surface area contributed by atoms with Gasteiger partial charge in [-0.3, -0.25) is 0 Å². The Morgan fingerprint density at radius 3 is 2.72 bits per heavy atom. The minimum Gasteiger partial charge on any atom is -0.383 e. The molecule has 2 N–H and O–H groups in total. The number of nitrogens with two attached hydrogens (primary N) is 1. The fourth-order valence-corrected chi connectivity index (χ4v) is 3.03. The van der Waals surface area contributed by atoms with Crippen LogP contribution in [0, 0.1) is 6.92 Å². The number of halogens is 1. The van der Waals surface area contributed by atoms with Crippen molar-refractivity contribution >= 4 is 33.5 Å². The lowest BCUT2D eigenvalue weighted by molar-refractivity contribution is 0.882. The molecule has 1 aromatic carbocycles. The molecule has 2 aromatic rings. The predicted molar refractivity (Wildman–Crippen MR) is 81.4 cm³/mol. The number of nitrogens with zero attached hydrogens (tertiary/aromatic N) is 2. The Morgan fingerprint density at radius 2 is 2.11 bits per heavy atom. The number of aryl methyl sites for hydroxylation is 1. The number of benzene rings is 1. The highest BCUT2D eigenvalue weighted by Gasteiger charge is 2.12. The molecule has 18 heavy (non-hydrogen) atoms. The summed E-state index contributed by atoms with van der Waals surface area (Å²) in [5.74, 6) is 0.708. The molecule has 0 amide bonds. The van der Waals surface area contributed by atoms with Gasteiger partial charge < -0.3 is 5.73 Å². The Morgan fingerprint density at radius 1 is 1.39 bits per heavy atom. The van der Waals surface area contributed by atoms with Gasteiger partial charge in [-0.15, -0.1) is 11.8 Å². The smallest absolute Gasteiger partial charge is 0.140 e. The summed E-state index contributed by atoms with van der Waals surface area (Å²) in [4.78, 5) is 1.03. The quantitative estimate of drug-likeness (QED) is 0.866. The number of thioether (sulfide) groups is 1. The third kappa shape index (κ3) is 2.72. The molecule has 0 aliphatic heterocycles. The van der Waals surface area contributed by atoms with Gasteiger partial charge in [0.1, 0.15) is 5.82 Å². The Kier molecular flexibility index (Phi) is 4.02. The largest absolute Gasteiger partial charge is 0.383 e. The van der Waals surface area contributed by atoms with Crippen molar-refractivity contribution < 1.29 is 0 Å². The number of aromatic nitrogens is 2. The van der Waals surface area contributed by atoms with E-state index in [1.165, 1.54) is 0 Å². The summed E-state index contributed by atoms with van der Waals surface area (Å²) < 4.78 is 2.86. The van der Waals surface area contributed by atoms with Crippen LogP contribution in [0.25, 0.3) is 5.69 Å². The molecule has 0 aliphatic carbocycles. The van der Waals surface area contributed by atoms with Gasteiger partial charge in [0.25, 0.3) is 0 Å². The Hall–Kier alpha value is -0.940. The van der Waals surface area contributed by atoms with Crippen LogP contribution in [0.1, 0.15) is 19.4 Å². The third-order valence-corrected chi connectivity index (χ3v) is 4.05. The van der Waals surface area contributed by atoms with Crippen molar-refractivity contribution in [2.75, 3.05) is 5.73 Å². The third-order valence-electron chi connectivity index (χ3n) is 2.52. The van der Waals surface area contributed by atoms with E-state index in [9.17, 15) is 0 Å². The summed E-state index contributed by atoms with van der Waals surface area (Å²) in [7, 11) is 0. The maximum absolute atomic E-state index is 6.16. The van der Waals surface area contributed by atoms with Crippen molar-refractivity contribution in [1.29, 1.82) is 0 Å². The van der Waals surface area contributed by atoms with Gasteiger partial charge in [0.2, 0.25) is 0 Å². The van der Waals surface area contributed by atoms with Gasteiger partial charge in [0, 0.05) is 9.72 Å². The molecule has 5 heteroatoms. The van der Waals surface area contributed by atoms with Gasteiger partial charge >= 0.3 is 0 Å². The molecular formula is C13H16BrN3S. The molecule has 0 saturated heterocycles. The summed E-state index contributed by atoms with van der Waals surface area (Å²) in [6.07, 6.45) is 1.83. The summed E-state index contributed by atoms with van der Waals surface area (Å²) in [6.45, 7) is 6.34. The lowest BCUT2D eigenvalue weighted by Gasteiger charge is -2.09. The lowest BCUT2D eigenvalue weighted by atomic mass is 10.2. The van der Waals surface area contributed by atoms with E-state index in [1.807, 2.05) is 18.3 Å². The second-order valence-corrected chi connectivity index (χ2v) is 6.94. The predicted octanol–water partition coefficient (Wildman–Crippen LogP) is 4.03. The first-order valence-corrected chi connectivity index (χ1v) is 7.43. The van der Waals surface area contributed by atoms with E-state index in [-0.39, 0.29) is 0 Å². The number of hydrogen-bond donors (Lipinski definition) is 1. The highest BCUT2D eigenvalue weighted by Crippen LogP contribution is 2.31. The van der Waals surface area contributed by atoms with Crippen LogP contribution in [0.3, 0.4) is 0 Å². The molecule has 0 radical (unpaired) electrons. The van der Waals surface area contributed by atoms with Crippen LogP contribution in [0.15, 0.2) is 33.8 Å². The molecule has 96 valence electrons. The second-order valence-electron chi connectivity index (χ2n) is 4.40. The molecule has 0 spiro atoms. The molecule has 0 fully saturated rings. The maximum Gasteiger partial charge on any atom is 0.140 e. The van der Waals surface area contributed by atoms with Gasteiger partial charge in [-0.1, -0.05) is 29.8 Å². The van der Waals surface area contributed by atoms with E-state index in [1.54, 1.807) is 16.4 Å². The summed E-state index contributed by atoms with van der Waals surface area (Å²) in [5, 5.41) is 4.88. The maximum atomic E-state index is 6.16. The van der Waals surface area contributed by atoms with Crippen molar-refractivity contribution in [1.82, 2.24) is 9.78 Å². The first-order valence-electron chi connectivity index (χ1n) is 5.75. The zero-order valence-electron chi connectivity index (χ0n) is 10.6. The van der Waals surface area contributed by atoms with Gasteiger partial charge in [-0.25, -0.2) is 4.68 Å². The monoisotopic (exact) mass is 325 g/mol. The molecule has 0 unspecified atom stereocenters. The van der Waals surface area contributed by atoms with Crippen LogP contribution < -0.4 is 5.73 Å². The zero-order valence-corrected chi connectivity index (χ0v) is 13.0. The molecule has 1 aromatic heterocycles. The molecule has 2 rings (SSSR count). The number of anilines is 1. The number of nitrogen functional groups attached to an aromatic ring is 1. The second kappa shape index (κ2) is 5.36. The first kappa shape index (κ1) is 13.5. The van der Waals surface area contributed by atoms with E-state index >= 15 is 0 Å². The van der Waals surface area contributed by atoms with Gasteiger partial charge in [-0.05, 0) is 30.7 Å². The highest BCUT2D eigenvalue weighted by atomic mass is 79.9. The average molecular weight is 326 g/mol. The van der Waals surface area contributed by atoms with E-state index in [0.717, 1.165) is 20.6 Å². The Bertz CT molecular complexity index is 563. The zero-order chi connectivity index (χ0) is 13.3. The van der Waals surface area contributed by atoms with Crippen molar-refractivity contribution in [3.8, 4) is 5.69 Å². The molecular weight excluding hydrogens is 310 g/mol. The average Bonchev–Trinajstić information content (AvgIpc) is 2.60. The summed E-state index contributed by atoms with van der Waals surface area (Å²) in [6, 6.07) is 6.08. The van der Waals surface area contributed by atoms with Crippen LogP contribution in [0.5, 0.6) is 0 Å². The van der Waals surface area contributed by atoms with Crippen LogP contribution in [0.2, 0.25) is 0 Å². The van der Waals surface area contributed by atoms with Crippen molar-refractivity contribution in [3.05, 3.63) is 34.4 Å². The standard InChI is InChI=1S/C13H16BrN3S/c1-8(2)18-12-7-16-17(13(12)15)11-5-4-10(14)6-9(11)3/h4-8H,15H2,1-3H3. The van der Waals surface area contributed by atoms with Crippen LogP contribution in [-0.2, 0) is 0 Å². The van der Waals surface area contributed by atoms with Crippen molar-refractivity contribution in [3.63, 3.8) is 0 Å². The van der Waals surface area contributed by atoms with E-state index < -0.39 is 0 Å². The topological polar surface area (TPSA) is 43.8 Å². The van der Waals surface area contributed by atoms with E-state index in [4.69, 9.17) is 5.73 Å². The molecule has 3 nitrogen and oxygen atoms in total. The Balaban J connectivity index is 2.42. The van der Waals surface area contributed by atoms with E-state index in [0.29, 0.717) is 11.1 Å². The van der Waals surface area contributed by atoms with Crippen molar-refractivity contribution in [2.45, 2.75) is 30.9 Å². The lowest BCUT2D eigenvalue weighted by Crippen LogP contribution is -2.04. The van der Waals surface area contributed by atoms with Crippen LogP contribution >= 0.6 is 27.7 Å². The fraction of sp³-hybridized carbons (Fsp3) is 0.308. The molecule has 0 atom stereocenters. The SMILES string of the molecule is Cc1cc(Br)ccc1-n1ncc(SC(C)C)c1N. The van der Waals surface area contributed by atoms with Crippen LogP contribution in [-0.4, -0.2) is 15.0 Å². The molecule has 1 heterocycles. The van der Waals surface area contributed by atoms with Gasteiger partial charge in [-0.2, -0.15) is 5.10 Å². The van der Waals surface area contributed by atoms with E-state index in [2.05, 4.69) is 47.9 Å². The van der Waals surface area contributed by atoms with Crippen LogP contribution in [0.4, 0.5) is 5.82 Å². The fourth-order valence-electron chi connectivity index (χ4n) is 1.74. The normalized spacial score (nSPS) is 11.2. The number of rotatable bonds is 3. The Labute approximate surface area is 120 Å². The number of hydrogen-bond acceptors (Lipinski definition) is 3. The van der Waals surface area contributed by atoms with Gasteiger partial charge in [0.15, 0.2) is 0 Å². The van der Waals surface area contributed by atoms with Gasteiger partial charge in [0.05, 0.1) is 16.8 Å². The molecule has 0 saturated carbocycles. The summed E-state index contributed by atoms with van der Waals surface area (Å²) in [5.41, 5.74) is 8.32. The first-order chi connectivity index (χ1) is 8.49. The summed E-state index contributed by atoms with van der Waals surface area (Å²) >= 11 is 5.19. The minimum atomic E-state index is 0.496. The minimum absolute atomic E-state index is 0.496. The molecule has 0 bridgehead atoms.